The van der Waals surface area contributed by atoms with Crippen LogP contribution in [-0.2, 0) is 11.3 Å². The average molecular weight is 278 g/mol. The zero-order valence-electron chi connectivity index (χ0n) is 7.39. The molecule has 0 aliphatic heterocycles. The lowest BCUT2D eigenvalue weighted by atomic mass is 10.2. The molecule has 0 unspecified atom stereocenters. The molecule has 3 nitrogen and oxygen atoms in total. The van der Waals surface area contributed by atoms with Crippen LogP contribution in [0.3, 0.4) is 0 Å². The van der Waals surface area contributed by atoms with Crippen LogP contribution in [0.2, 0.25) is 5.02 Å². The quantitative estimate of drug-likeness (QED) is 0.880. The van der Waals surface area contributed by atoms with Gasteiger partial charge in [0.05, 0.1) is 6.54 Å². The van der Waals surface area contributed by atoms with Gasteiger partial charge in [0, 0.05) is 16.0 Å². The van der Waals surface area contributed by atoms with E-state index in [1.807, 2.05) is 12.1 Å². The summed E-state index contributed by atoms with van der Waals surface area (Å²) in [6.07, 6.45) is 0. The Morgan fingerprint density at radius 2 is 2.29 bits per heavy atom. The number of carbonyl (C=O) groups excluding carboxylic acids is 1. The van der Waals surface area contributed by atoms with E-state index in [1.165, 1.54) is 0 Å². The van der Waals surface area contributed by atoms with E-state index >= 15 is 0 Å². The fraction of sp³-hybridized carbons (Fsp3) is 0.222. The summed E-state index contributed by atoms with van der Waals surface area (Å²) in [5, 5.41) is 3.56. The van der Waals surface area contributed by atoms with Crippen molar-refractivity contribution in [2.24, 2.45) is 5.73 Å². The Hall–Kier alpha value is -0.580. The van der Waals surface area contributed by atoms with Gasteiger partial charge in [0.1, 0.15) is 0 Å². The molecule has 0 spiro atoms. The monoisotopic (exact) mass is 276 g/mol. The van der Waals surface area contributed by atoms with E-state index in [1.54, 1.807) is 6.07 Å². The van der Waals surface area contributed by atoms with E-state index in [0.29, 0.717) is 11.6 Å². The summed E-state index contributed by atoms with van der Waals surface area (Å²) in [5.41, 5.74) is 5.91. The maximum Gasteiger partial charge on any atom is 0.231 e. The minimum atomic E-state index is -0.379. The smallest absolute Gasteiger partial charge is 0.231 e. The SMILES string of the molecule is NC(=O)CNCc1cc(Br)ccc1Cl. The molecule has 0 aromatic heterocycles. The number of rotatable bonds is 4. The maximum absolute atomic E-state index is 10.5. The lowest BCUT2D eigenvalue weighted by Crippen LogP contribution is -2.28. The third kappa shape index (κ3) is 3.65. The van der Waals surface area contributed by atoms with Crippen LogP contribution in [0.5, 0.6) is 0 Å². The van der Waals surface area contributed by atoms with Gasteiger partial charge in [-0.05, 0) is 23.8 Å². The van der Waals surface area contributed by atoms with Crippen molar-refractivity contribution in [3.8, 4) is 0 Å². The van der Waals surface area contributed by atoms with Crippen LogP contribution in [-0.4, -0.2) is 12.5 Å². The number of amides is 1. The molecule has 3 N–H and O–H groups in total. The average Bonchev–Trinajstić information content (AvgIpc) is 2.10. The highest BCUT2D eigenvalue weighted by molar-refractivity contribution is 9.10. The van der Waals surface area contributed by atoms with Crippen molar-refractivity contribution in [1.82, 2.24) is 5.32 Å². The van der Waals surface area contributed by atoms with Crippen molar-refractivity contribution in [3.63, 3.8) is 0 Å². The molecule has 0 radical (unpaired) electrons. The summed E-state index contributed by atoms with van der Waals surface area (Å²) in [7, 11) is 0. The Morgan fingerprint density at radius 1 is 1.57 bits per heavy atom. The summed E-state index contributed by atoms with van der Waals surface area (Å²) < 4.78 is 0.956. The van der Waals surface area contributed by atoms with Gasteiger partial charge in [0.15, 0.2) is 0 Å². The molecule has 1 rings (SSSR count). The van der Waals surface area contributed by atoms with Crippen molar-refractivity contribution in [2.75, 3.05) is 6.54 Å². The van der Waals surface area contributed by atoms with Crippen LogP contribution in [0.25, 0.3) is 0 Å². The molecule has 0 bridgehead atoms. The third-order valence-electron chi connectivity index (χ3n) is 1.62. The van der Waals surface area contributed by atoms with Gasteiger partial charge >= 0.3 is 0 Å². The topological polar surface area (TPSA) is 55.1 Å². The normalized spacial score (nSPS) is 10.1. The molecule has 0 saturated carbocycles. The Morgan fingerprint density at radius 3 is 2.93 bits per heavy atom. The lowest BCUT2D eigenvalue weighted by molar-refractivity contribution is -0.117. The second-order valence-electron chi connectivity index (χ2n) is 2.81. The summed E-state index contributed by atoms with van der Waals surface area (Å²) in [4.78, 5) is 10.5. The highest BCUT2D eigenvalue weighted by atomic mass is 79.9. The first kappa shape index (κ1) is 11.5. The Kier molecular flexibility index (Phi) is 4.38. The minimum Gasteiger partial charge on any atom is -0.369 e. The van der Waals surface area contributed by atoms with Gasteiger partial charge in [0.2, 0.25) is 5.91 Å². The van der Waals surface area contributed by atoms with Crippen LogP contribution >= 0.6 is 27.5 Å². The maximum atomic E-state index is 10.5. The number of nitrogens with one attached hydrogen (secondary N) is 1. The fourth-order valence-corrected chi connectivity index (χ4v) is 1.59. The molecule has 14 heavy (non-hydrogen) atoms. The number of halogens is 2. The van der Waals surface area contributed by atoms with Crippen LogP contribution in [0.15, 0.2) is 22.7 Å². The van der Waals surface area contributed by atoms with E-state index in [2.05, 4.69) is 21.2 Å². The van der Waals surface area contributed by atoms with Crippen LogP contribution in [0.4, 0.5) is 0 Å². The van der Waals surface area contributed by atoms with Gasteiger partial charge in [-0.2, -0.15) is 0 Å². The van der Waals surface area contributed by atoms with Crippen molar-refractivity contribution >= 4 is 33.4 Å². The second-order valence-corrected chi connectivity index (χ2v) is 4.13. The number of hydrogen-bond donors (Lipinski definition) is 2. The standard InChI is InChI=1S/C9H10BrClN2O/c10-7-1-2-8(11)6(3-7)4-13-5-9(12)14/h1-3,13H,4-5H2,(H2,12,14). The van der Waals surface area contributed by atoms with Gasteiger partial charge in [-0.25, -0.2) is 0 Å². The first-order chi connectivity index (χ1) is 6.59. The van der Waals surface area contributed by atoms with Gasteiger partial charge in [0.25, 0.3) is 0 Å². The number of nitrogens with two attached hydrogens (primary N) is 1. The van der Waals surface area contributed by atoms with Crippen molar-refractivity contribution in [2.45, 2.75) is 6.54 Å². The summed E-state index contributed by atoms with van der Waals surface area (Å²) in [6, 6.07) is 5.56. The molecule has 0 aliphatic rings. The molecule has 76 valence electrons. The van der Waals surface area contributed by atoms with Crippen molar-refractivity contribution in [1.29, 1.82) is 0 Å². The summed E-state index contributed by atoms with van der Waals surface area (Å²) in [5.74, 6) is -0.379. The Bertz CT molecular complexity index is 344. The molecule has 5 heteroatoms. The number of benzene rings is 1. The van der Waals surface area contributed by atoms with Gasteiger partial charge in [-0.15, -0.1) is 0 Å². The van der Waals surface area contributed by atoms with Crippen LogP contribution in [0.1, 0.15) is 5.56 Å². The van der Waals surface area contributed by atoms with E-state index in [-0.39, 0.29) is 12.5 Å². The van der Waals surface area contributed by atoms with E-state index in [9.17, 15) is 4.79 Å². The molecule has 0 heterocycles. The molecule has 1 aromatic rings. The first-order valence-corrected chi connectivity index (χ1v) is 5.19. The van der Waals surface area contributed by atoms with Gasteiger partial charge < -0.3 is 11.1 Å². The van der Waals surface area contributed by atoms with Crippen LogP contribution < -0.4 is 11.1 Å². The fourth-order valence-electron chi connectivity index (χ4n) is 0.999. The molecule has 0 aliphatic carbocycles. The Balaban J connectivity index is 2.57. The van der Waals surface area contributed by atoms with E-state index in [0.717, 1.165) is 10.0 Å². The largest absolute Gasteiger partial charge is 0.369 e. The Labute approximate surface area is 95.7 Å². The molecule has 0 saturated heterocycles. The lowest BCUT2D eigenvalue weighted by Gasteiger charge is -2.05. The van der Waals surface area contributed by atoms with Crippen molar-refractivity contribution < 1.29 is 4.79 Å². The number of primary amides is 1. The molecule has 0 atom stereocenters. The number of carbonyl (C=O) groups is 1. The zero-order valence-corrected chi connectivity index (χ0v) is 9.73. The van der Waals surface area contributed by atoms with Crippen molar-refractivity contribution in [3.05, 3.63) is 33.3 Å². The molecular weight excluding hydrogens is 267 g/mol. The van der Waals surface area contributed by atoms with Gasteiger partial charge in [-0.1, -0.05) is 27.5 Å². The van der Waals surface area contributed by atoms with E-state index in [4.69, 9.17) is 17.3 Å². The van der Waals surface area contributed by atoms with Gasteiger partial charge in [-0.3, -0.25) is 4.79 Å². The molecular formula is C9H10BrClN2O. The predicted octanol–water partition coefficient (Wildman–Crippen LogP) is 1.68. The first-order valence-electron chi connectivity index (χ1n) is 4.02. The molecule has 1 amide bonds. The number of hydrogen-bond acceptors (Lipinski definition) is 2. The third-order valence-corrected chi connectivity index (χ3v) is 2.48. The second kappa shape index (κ2) is 5.34. The summed E-state index contributed by atoms with van der Waals surface area (Å²) >= 11 is 9.27. The van der Waals surface area contributed by atoms with E-state index < -0.39 is 0 Å². The molecule has 0 fully saturated rings. The highest BCUT2D eigenvalue weighted by Crippen LogP contribution is 2.20. The zero-order chi connectivity index (χ0) is 10.6. The molecule has 1 aromatic carbocycles. The highest BCUT2D eigenvalue weighted by Gasteiger charge is 2.01. The minimum absolute atomic E-state index is 0.156. The van der Waals surface area contributed by atoms with Crippen LogP contribution in [0, 0.1) is 0 Å². The summed E-state index contributed by atoms with van der Waals surface area (Å²) in [6.45, 7) is 0.685. The predicted molar refractivity (Wildman–Crippen MR) is 60.1 cm³/mol.